The lowest BCUT2D eigenvalue weighted by Gasteiger charge is -2.18. The highest BCUT2D eigenvalue weighted by Gasteiger charge is 2.37. The zero-order valence-corrected chi connectivity index (χ0v) is 17.8. The molecule has 1 saturated heterocycles. The Hall–Kier alpha value is -4.22. The summed E-state index contributed by atoms with van der Waals surface area (Å²) in [5.74, 6) is -1.97. The number of fused-ring (bicyclic) bond motifs is 1. The fourth-order valence-corrected chi connectivity index (χ4v) is 3.92. The van der Waals surface area contributed by atoms with E-state index in [0.29, 0.717) is 17.2 Å². The van der Waals surface area contributed by atoms with Gasteiger partial charge >= 0.3 is 0 Å². The molecule has 1 fully saturated rings. The summed E-state index contributed by atoms with van der Waals surface area (Å²) in [6.07, 6.45) is 1.49. The minimum atomic E-state index is -0.629. The van der Waals surface area contributed by atoms with Crippen LogP contribution in [0.3, 0.4) is 0 Å². The number of amides is 3. The first-order valence-corrected chi connectivity index (χ1v) is 10.2. The number of aryl methyl sites for hydroxylation is 1. The van der Waals surface area contributed by atoms with Crippen molar-refractivity contribution in [2.75, 3.05) is 23.8 Å². The molecule has 0 spiro atoms. The van der Waals surface area contributed by atoms with E-state index in [1.165, 1.54) is 45.1 Å². The molecule has 0 saturated carbocycles. The lowest BCUT2D eigenvalue weighted by atomic mass is 10.1. The summed E-state index contributed by atoms with van der Waals surface area (Å²) in [4.78, 5) is 47.7. The van der Waals surface area contributed by atoms with Crippen LogP contribution in [0.25, 0.3) is 0 Å². The number of carbonyl (C=O) groups excluding carboxylic acids is 3. The summed E-state index contributed by atoms with van der Waals surface area (Å²) < 4.78 is 14.5. The first-order valence-electron chi connectivity index (χ1n) is 10.2. The van der Waals surface area contributed by atoms with E-state index < -0.39 is 23.6 Å². The van der Waals surface area contributed by atoms with E-state index in [1.807, 2.05) is 0 Å². The molecule has 1 aromatic heterocycles. The third-order valence-electron chi connectivity index (χ3n) is 5.60. The summed E-state index contributed by atoms with van der Waals surface area (Å²) in [5, 5.41) is 12.6. The maximum atomic E-state index is 13.2. The van der Waals surface area contributed by atoms with Crippen molar-refractivity contribution in [1.29, 1.82) is 0 Å². The number of nitrogens with zero attached hydrogens (tertiary/aromatic N) is 7. The van der Waals surface area contributed by atoms with Crippen molar-refractivity contribution in [2.45, 2.75) is 13.3 Å². The maximum absolute atomic E-state index is 13.2. The quantitative estimate of drug-likeness (QED) is 0.747. The van der Waals surface area contributed by atoms with Gasteiger partial charge in [0, 0.05) is 38.0 Å². The van der Waals surface area contributed by atoms with Crippen molar-refractivity contribution >= 4 is 47.2 Å². The number of benzene rings is 1. The molecule has 0 bridgehead atoms. The third kappa shape index (κ3) is 3.69. The van der Waals surface area contributed by atoms with Gasteiger partial charge in [0.2, 0.25) is 11.8 Å². The number of aliphatic imine (C=N–C) groups is 2. The van der Waals surface area contributed by atoms with Gasteiger partial charge in [0.25, 0.3) is 11.9 Å². The van der Waals surface area contributed by atoms with Crippen molar-refractivity contribution in [3.8, 4) is 0 Å². The van der Waals surface area contributed by atoms with Crippen LogP contribution in [0.1, 0.15) is 12.1 Å². The van der Waals surface area contributed by atoms with Gasteiger partial charge in [-0.05, 0) is 31.2 Å². The molecule has 5 rings (SSSR count). The van der Waals surface area contributed by atoms with E-state index in [-0.39, 0.29) is 36.6 Å². The average Bonchev–Trinajstić information content (AvgIpc) is 3.46. The second-order valence-electron chi connectivity index (χ2n) is 7.94. The molecular weight excluding hydrogens is 431 g/mol. The van der Waals surface area contributed by atoms with E-state index in [1.54, 1.807) is 20.0 Å². The number of aromatic nitrogens is 2. The summed E-state index contributed by atoms with van der Waals surface area (Å²) >= 11 is 0. The normalized spacial score (nSPS) is 21.9. The molecule has 2 atom stereocenters. The fraction of sp³-hybridized carbons (Fsp3) is 0.286. The third-order valence-corrected chi connectivity index (χ3v) is 5.60. The molecule has 12 heteroatoms. The topological polar surface area (TPSA) is 125 Å². The predicted molar refractivity (Wildman–Crippen MR) is 117 cm³/mol. The molecule has 2 aromatic rings. The molecule has 33 heavy (non-hydrogen) atoms. The van der Waals surface area contributed by atoms with E-state index in [2.05, 4.69) is 25.5 Å². The number of rotatable bonds is 3. The van der Waals surface area contributed by atoms with Crippen molar-refractivity contribution < 1.29 is 18.8 Å². The van der Waals surface area contributed by atoms with Crippen LogP contribution in [0.2, 0.25) is 0 Å². The Bertz CT molecular complexity index is 1260. The number of anilines is 2. The Kier molecular flexibility index (Phi) is 4.84. The summed E-state index contributed by atoms with van der Waals surface area (Å²) in [6.45, 7) is 1.89. The number of halogens is 1. The molecular formula is C21H19FN8O3. The zero-order valence-electron chi connectivity index (χ0n) is 17.8. The Morgan fingerprint density at radius 3 is 2.70 bits per heavy atom. The Labute approximate surface area is 187 Å². The number of nitrogens with one attached hydrogen (secondary N) is 1. The largest absolute Gasteiger partial charge is 0.312 e. The van der Waals surface area contributed by atoms with E-state index in [9.17, 15) is 18.8 Å². The van der Waals surface area contributed by atoms with Crippen molar-refractivity contribution in [3.63, 3.8) is 0 Å². The second-order valence-corrected chi connectivity index (χ2v) is 7.94. The molecule has 3 amide bonds. The SMILES string of the molecule is Cc1cc(NC(=O)C2CC(=O)N(c3ccc(F)cc3)C2)n(C2=NC(=O)C3C=NN(C)C3=N2)n1. The van der Waals surface area contributed by atoms with Gasteiger partial charge in [-0.1, -0.05) is 0 Å². The number of carbonyl (C=O) groups is 3. The molecule has 0 radical (unpaired) electrons. The molecule has 0 aliphatic carbocycles. The van der Waals surface area contributed by atoms with Gasteiger partial charge in [-0.25, -0.2) is 4.39 Å². The molecule has 1 N–H and O–H groups in total. The summed E-state index contributed by atoms with van der Waals surface area (Å²) in [7, 11) is 1.67. The molecule has 3 aliphatic rings. The van der Waals surface area contributed by atoms with Crippen LogP contribution in [0.5, 0.6) is 0 Å². The molecule has 4 heterocycles. The molecule has 3 aliphatic heterocycles. The van der Waals surface area contributed by atoms with Crippen LogP contribution >= 0.6 is 0 Å². The zero-order chi connectivity index (χ0) is 23.3. The lowest BCUT2D eigenvalue weighted by molar-refractivity contribution is -0.122. The minimum absolute atomic E-state index is 0.0157. The standard InChI is InChI=1S/C21H19FN8O3/c1-11-7-16(30(27-11)21-25-18-15(20(33)26-21)9-23-28(18)2)24-19(32)12-8-17(31)29(10-12)14-5-3-13(22)4-6-14/h3-7,9,12,15H,8,10H2,1-2H3,(H,24,32). The average molecular weight is 450 g/mol. The van der Waals surface area contributed by atoms with Crippen LogP contribution in [0.4, 0.5) is 15.9 Å². The van der Waals surface area contributed by atoms with Crippen LogP contribution < -0.4 is 10.2 Å². The van der Waals surface area contributed by atoms with Crippen LogP contribution in [-0.4, -0.2) is 64.1 Å². The summed E-state index contributed by atoms with van der Waals surface area (Å²) in [5.41, 5.74) is 1.11. The predicted octanol–water partition coefficient (Wildman–Crippen LogP) is 1.01. The smallest absolute Gasteiger partial charge is 0.265 e. The van der Waals surface area contributed by atoms with Gasteiger partial charge < -0.3 is 10.2 Å². The highest BCUT2D eigenvalue weighted by atomic mass is 19.1. The van der Waals surface area contributed by atoms with E-state index in [0.717, 1.165) is 0 Å². The van der Waals surface area contributed by atoms with Crippen LogP contribution in [-0.2, 0) is 14.4 Å². The van der Waals surface area contributed by atoms with Gasteiger partial charge in [-0.2, -0.15) is 24.9 Å². The minimum Gasteiger partial charge on any atom is -0.312 e. The monoisotopic (exact) mass is 450 g/mol. The van der Waals surface area contributed by atoms with Gasteiger partial charge in [-0.3, -0.25) is 19.4 Å². The van der Waals surface area contributed by atoms with E-state index >= 15 is 0 Å². The van der Waals surface area contributed by atoms with E-state index in [4.69, 9.17) is 0 Å². The molecule has 1 aromatic carbocycles. The number of hydrogen-bond acceptors (Lipinski definition) is 7. The van der Waals surface area contributed by atoms with Gasteiger partial charge in [-0.15, -0.1) is 0 Å². The van der Waals surface area contributed by atoms with Crippen molar-refractivity contribution in [3.05, 3.63) is 41.8 Å². The van der Waals surface area contributed by atoms with Gasteiger partial charge in [0.15, 0.2) is 0 Å². The van der Waals surface area contributed by atoms with Crippen molar-refractivity contribution in [2.24, 2.45) is 26.9 Å². The summed E-state index contributed by atoms with van der Waals surface area (Å²) in [6, 6.07) is 7.16. The molecule has 168 valence electrons. The Balaban J connectivity index is 1.35. The molecule has 11 nitrogen and oxygen atoms in total. The first-order chi connectivity index (χ1) is 15.8. The highest BCUT2D eigenvalue weighted by Crippen LogP contribution is 2.27. The fourth-order valence-electron chi connectivity index (χ4n) is 3.92. The Morgan fingerprint density at radius 1 is 1.18 bits per heavy atom. The lowest BCUT2D eigenvalue weighted by Crippen LogP contribution is -2.35. The van der Waals surface area contributed by atoms with Crippen molar-refractivity contribution in [1.82, 2.24) is 14.8 Å². The maximum Gasteiger partial charge on any atom is 0.265 e. The molecule has 2 unspecified atom stereocenters. The van der Waals surface area contributed by atoms with Gasteiger partial charge in [0.1, 0.15) is 23.4 Å². The van der Waals surface area contributed by atoms with Crippen LogP contribution in [0.15, 0.2) is 45.4 Å². The number of hydrogen-bond donors (Lipinski definition) is 1. The first kappa shape index (κ1) is 20.7. The highest BCUT2D eigenvalue weighted by molar-refractivity contribution is 6.24. The van der Waals surface area contributed by atoms with Crippen LogP contribution in [0, 0.1) is 24.6 Å². The van der Waals surface area contributed by atoms with Gasteiger partial charge in [0.05, 0.1) is 11.6 Å². The number of hydrazone groups is 1. The second kappa shape index (κ2) is 7.73. The number of amidine groups is 1. The Morgan fingerprint density at radius 2 is 1.94 bits per heavy atom.